The molecule has 1 unspecified atom stereocenters. The molecule has 0 heterocycles. The van der Waals surface area contributed by atoms with Crippen LogP contribution in [0.4, 0.5) is 0 Å². The van der Waals surface area contributed by atoms with Gasteiger partial charge in [0.15, 0.2) is 0 Å². The van der Waals surface area contributed by atoms with Crippen molar-refractivity contribution in [2.45, 2.75) is 11.2 Å². The van der Waals surface area contributed by atoms with Crippen LogP contribution in [0, 0.1) is 0 Å². The summed E-state index contributed by atoms with van der Waals surface area (Å²) in [6, 6.07) is 21.3. The summed E-state index contributed by atoms with van der Waals surface area (Å²) in [5, 5.41) is 0. The van der Waals surface area contributed by atoms with Crippen molar-refractivity contribution < 1.29 is 0 Å². The quantitative estimate of drug-likeness (QED) is 0.745. The number of rotatable bonds is 3. The molecule has 0 spiro atoms. The Morgan fingerprint density at radius 1 is 0.800 bits per heavy atom. The van der Waals surface area contributed by atoms with Gasteiger partial charge in [-0.1, -0.05) is 0 Å². The van der Waals surface area contributed by atoms with Crippen LogP contribution in [0.15, 0.2) is 60.7 Å². The third-order valence-corrected chi connectivity index (χ3v) is 3.46. The van der Waals surface area contributed by atoms with Crippen molar-refractivity contribution in [1.29, 1.82) is 0 Å². The van der Waals surface area contributed by atoms with E-state index in [1.807, 2.05) is 0 Å². The minimum absolute atomic E-state index is 0.529. The van der Waals surface area contributed by atoms with E-state index in [2.05, 4.69) is 76.7 Å². The van der Waals surface area contributed by atoms with Crippen molar-refractivity contribution in [3.05, 3.63) is 71.8 Å². The van der Waals surface area contributed by atoms with Crippen LogP contribution in [0.1, 0.15) is 15.9 Å². The molecule has 0 nitrogen and oxygen atoms in total. The van der Waals surface area contributed by atoms with Gasteiger partial charge in [-0.15, -0.1) is 0 Å². The Morgan fingerprint density at radius 2 is 1.33 bits per heavy atom. The predicted octanol–water partition coefficient (Wildman–Crippen LogP) is 2.87. The number of hydrogen-bond acceptors (Lipinski definition) is 0. The summed E-state index contributed by atoms with van der Waals surface area (Å²) >= 11 is 2.76. The van der Waals surface area contributed by atoms with Crippen molar-refractivity contribution in [1.82, 2.24) is 0 Å². The molecule has 2 rings (SSSR count). The van der Waals surface area contributed by atoms with Crippen LogP contribution < -0.4 is 0 Å². The average molecular weight is 261 g/mol. The van der Waals surface area contributed by atoms with Gasteiger partial charge in [-0.3, -0.25) is 0 Å². The summed E-state index contributed by atoms with van der Waals surface area (Å²) < 4.78 is 0. The molecule has 0 fully saturated rings. The van der Waals surface area contributed by atoms with Gasteiger partial charge in [-0.2, -0.15) is 0 Å². The Balaban J connectivity index is 2.08. The van der Waals surface area contributed by atoms with Crippen molar-refractivity contribution >= 4 is 16.0 Å². The third-order valence-electron chi connectivity index (χ3n) is 2.46. The second-order valence-electron chi connectivity index (χ2n) is 3.62. The van der Waals surface area contributed by atoms with E-state index in [1.54, 1.807) is 0 Å². The Labute approximate surface area is 99.2 Å². The molecule has 2 aromatic carbocycles. The fraction of sp³-hybridized carbons (Fsp3) is 0.143. The third kappa shape index (κ3) is 2.95. The number of benzene rings is 2. The van der Waals surface area contributed by atoms with Crippen LogP contribution in [0.5, 0.6) is 0 Å². The topological polar surface area (TPSA) is 0 Å². The van der Waals surface area contributed by atoms with Gasteiger partial charge in [-0.05, 0) is 0 Å². The molecular formula is C14H14Se. The molecule has 0 aliphatic heterocycles. The predicted molar refractivity (Wildman–Crippen MR) is 66.5 cm³/mol. The monoisotopic (exact) mass is 262 g/mol. The molecule has 1 heteroatoms. The van der Waals surface area contributed by atoms with Gasteiger partial charge in [0.25, 0.3) is 0 Å². The average Bonchev–Trinajstić information content (AvgIpc) is 2.31. The zero-order valence-electron chi connectivity index (χ0n) is 8.51. The van der Waals surface area contributed by atoms with Gasteiger partial charge in [-0.25, -0.2) is 0 Å². The normalized spacial score (nSPS) is 12.3. The SMILES string of the molecule is [SeH]C(Cc1ccccc1)c1ccccc1. The van der Waals surface area contributed by atoms with Gasteiger partial charge in [0.2, 0.25) is 0 Å². The van der Waals surface area contributed by atoms with E-state index in [9.17, 15) is 0 Å². The zero-order chi connectivity index (χ0) is 10.5. The van der Waals surface area contributed by atoms with E-state index in [1.165, 1.54) is 11.1 Å². The summed E-state index contributed by atoms with van der Waals surface area (Å²) in [4.78, 5) is 0.529. The van der Waals surface area contributed by atoms with Crippen LogP contribution in [0.2, 0.25) is 0 Å². The Morgan fingerprint density at radius 3 is 1.93 bits per heavy atom. The molecular weight excluding hydrogens is 247 g/mol. The number of hydrogen-bond donors (Lipinski definition) is 0. The molecule has 0 amide bonds. The standard InChI is InChI=1S/C14H14Se/c15-14(13-9-5-2-6-10-13)11-12-7-3-1-4-8-12/h1-10,14-15H,11H2. The molecule has 0 N–H and O–H groups in total. The van der Waals surface area contributed by atoms with E-state index in [0.29, 0.717) is 4.82 Å². The Hall–Kier alpha value is -1.04. The first-order valence-electron chi connectivity index (χ1n) is 5.13. The molecule has 0 radical (unpaired) electrons. The van der Waals surface area contributed by atoms with E-state index in [-0.39, 0.29) is 0 Å². The van der Waals surface area contributed by atoms with E-state index < -0.39 is 0 Å². The van der Waals surface area contributed by atoms with E-state index in [0.717, 1.165) is 6.42 Å². The molecule has 0 aromatic heterocycles. The van der Waals surface area contributed by atoms with Crippen LogP contribution >= 0.6 is 0 Å². The van der Waals surface area contributed by atoms with Crippen LogP contribution in [-0.4, -0.2) is 16.0 Å². The summed E-state index contributed by atoms with van der Waals surface area (Å²) in [6.07, 6.45) is 1.09. The molecule has 0 aliphatic carbocycles. The van der Waals surface area contributed by atoms with Crippen molar-refractivity contribution in [2.75, 3.05) is 0 Å². The molecule has 0 saturated carbocycles. The van der Waals surface area contributed by atoms with Crippen molar-refractivity contribution in [3.63, 3.8) is 0 Å². The summed E-state index contributed by atoms with van der Waals surface area (Å²) in [5.74, 6) is 0. The second-order valence-corrected chi connectivity index (χ2v) is 4.92. The Bertz CT molecular complexity index is 394. The van der Waals surface area contributed by atoms with E-state index >= 15 is 0 Å². The Kier molecular flexibility index (Phi) is 3.60. The molecule has 0 bridgehead atoms. The molecule has 15 heavy (non-hydrogen) atoms. The van der Waals surface area contributed by atoms with Crippen LogP contribution in [-0.2, 0) is 6.42 Å². The molecule has 0 aliphatic rings. The summed E-state index contributed by atoms with van der Waals surface area (Å²) in [7, 11) is 0. The first-order valence-corrected chi connectivity index (χ1v) is 6.21. The maximum atomic E-state index is 2.76. The van der Waals surface area contributed by atoms with Gasteiger partial charge >= 0.3 is 99.0 Å². The minimum atomic E-state index is 0.529. The van der Waals surface area contributed by atoms with Gasteiger partial charge in [0.05, 0.1) is 0 Å². The summed E-state index contributed by atoms with van der Waals surface area (Å²) in [6.45, 7) is 0. The second kappa shape index (κ2) is 5.16. The first kappa shape index (κ1) is 10.5. The fourth-order valence-corrected chi connectivity index (χ4v) is 2.43. The van der Waals surface area contributed by atoms with Gasteiger partial charge in [0.1, 0.15) is 0 Å². The molecule has 0 saturated heterocycles. The van der Waals surface area contributed by atoms with Gasteiger partial charge in [0, 0.05) is 0 Å². The van der Waals surface area contributed by atoms with Crippen LogP contribution in [0.25, 0.3) is 0 Å². The zero-order valence-corrected chi connectivity index (χ0v) is 10.4. The van der Waals surface area contributed by atoms with Crippen molar-refractivity contribution in [2.24, 2.45) is 0 Å². The molecule has 2 aromatic rings. The van der Waals surface area contributed by atoms with Gasteiger partial charge < -0.3 is 0 Å². The molecule has 76 valence electrons. The first-order chi connectivity index (χ1) is 7.36. The van der Waals surface area contributed by atoms with Crippen molar-refractivity contribution in [3.8, 4) is 0 Å². The summed E-state index contributed by atoms with van der Waals surface area (Å²) in [5.41, 5.74) is 2.79. The van der Waals surface area contributed by atoms with E-state index in [4.69, 9.17) is 0 Å². The molecule has 1 atom stereocenters. The van der Waals surface area contributed by atoms with Crippen LogP contribution in [0.3, 0.4) is 0 Å². The fourth-order valence-electron chi connectivity index (χ4n) is 1.63. The maximum absolute atomic E-state index is 2.76.